The lowest BCUT2D eigenvalue weighted by atomic mass is 9.85. The Balaban J connectivity index is 1.72. The van der Waals surface area contributed by atoms with E-state index in [-0.39, 0.29) is 18.0 Å². The fourth-order valence-corrected chi connectivity index (χ4v) is 4.26. The molecular formula is C20H29N3O2. The van der Waals surface area contributed by atoms with Crippen molar-refractivity contribution in [1.29, 1.82) is 0 Å². The van der Waals surface area contributed by atoms with Crippen molar-refractivity contribution in [2.75, 3.05) is 13.1 Å². The second kappa shape index (κ2) is 7.06. The first kappa shape index (κ1) is 17.8. The Labute approximate surface area is 150 Å². The molecular weight excluding hydrogens is 314 g/mol. The molecule has 1 spiro atoms. The number of aryl methyl sites for hydroxylation is 1. The van der Waals surface area contributed by atoms with Crippen molar-refractivity contribution in [3.8, 4) is 0 Å². The number of hydrogen-bond acceptors (Lipinski definition) is 2. The average Bonchev–Trinajstić information content (AvgIpc) is 3.00. The first-order valence-electron chi connectivity index (χ1n) is 9.36. The summed E-state index contributed by atoms with van der Waals surface area (Å²) in [7, 11) is 0. The van der Waals surface area contributed by atoms with Gasteiger partial charge in [-0.3, -0.25) is 4.79 Å². The van der Waals surface area contributed by atoms with Crippen molar-refractivity contribution in [1.82, 2.24) is 15.1 Å². The van der Waals surface area contributed by atoms with Crippen LogP contribution in [-0.4, -0.2) is 46.4 Å². The largest absolute Gasteiger partial charge is 0.338 e. The zero-order valence-electron chi connectivity index (χ0n) is 15.5. The van der Waals surface area contributed by atoms with Crippen molar-refractivity contribution in [3.63, 3.8) is 0 Å². The number of nitrogens with zero attached hydrogens (tertiary/aromatic N) is 2. The normalized spacial score (nSPS) is 23.6. The van der Waals surface area contributed by atoms with E-state index in [0.717, 1.165) is 37.8 Å². The van der Waals surface area contributed by atoms with Crippen LogP contribution in [0.3, 0.4) is 0 Å². The summed E-state index contributed by atoms with van der Waals surface area (Å²) in [6, 6.07) is 8.20. The van der Waals surface area contributed by atoms with E-state index in [1.54, 1.807) is 4.90 Å². The zero-order valence-corrected chi connectivity index (χ0v) is 15.5. The van der Waals surface area contributed by atoms with Gasteiger partial charge < -0.3 is 15.1 Å². The van der Waals surface area contributed by atoms with Crippen LogP contribution in [0.4, 0.5) is 4.79 Å². The lowest BCUT2D eigenvalue weighted by Crippen LogP contribution is -2.63. The van der Waals surface area contributed by atoms with Crippen LogP contribution in [-0.2, 0) is 11.3 Å². The van der Waals surface area contributed by atoms with Gasteiger partial charge in [-0.05, 0) is 52.0 Å². The molecule has 1 atom stereocenters. The van der Waals surface area contributed by atoms with Crippen molar-refractivity contribution < 1.29 is 9.59 Å². The highest BCUT2D eigenvalue weighted by Gasteiger charge is 2.53. The molecule has 0 bridgehead atoms. The number of nitrogens with one attached hydrogen (secondary N) is 1. The van der Waals surface area contributed by atoms with E-state index in [1.807, 2.05) is 43.9 Å². The molecule has 3 rings (SSSR count). The molecule has 2 fully saturated rings. The standard InChI is InChI=1S/C20H29N3O2/c1-15(2)22-11-5-9-20(18(22)24)10-6-12-23(20)19(25)21-14-17-8-4-7-16(3)13-17/h4,7-8,13,15H,5-6,9-12,14H2,1-3H3,(H,21,25). The van der Waals surface area contributed by atoms with Gasteiger partial charge in [0.15, 0.2) is 0 Å². The number of rotatable bonds is 3. The summed E-state index contributed by atoms with van der Waals surface area (Å²) in [4.78, 5) is 29.7. The molecule has 2 heterocycles. The van der Waals surface area contributed by atoms with Gasteiger partial charge in [0, 0.05) is 25.7 Å². The van der Waals surface area contributed by atoms with E-state index in [2.05, 4.69) is 11.4 Å². The van der Waals surface area contributed by atoms with Gasteiger partial charge in [-0.15, -0.1) is 0 Å². The predicted molar refractivity (Wildman–Crippen MR) is 98.2 cm³/mol. The molecule has 2 aliphatic heterocycles. The van der Waals surface area contributed by atoms with Crippen molar-refractivity contribution >= 4 is 11.9 Å². The van der Waals surface area contributed by atoms with E-state index in [0.29, 0.717) is 13.1 Å². The summed E-state index contributed by atoms with van der Waals surface area (Å²) < 4.78 is 0. The number of carbonyl (C=O) groups is 2. The minimum absolute atomic E-state index is 0.113. The molecule has 1 aromatic carbocycles. The fourth-order valence-electron chi connectivity index (χ4n) is 4.26. The number of amides is 3. The fraction of sp³-hybridized carbons (Fsp3) is 0.600. The van der Waals surface area contributed by atoms with Crippen LogP contribution >= 0.6 is 0 Å². The van der Waals surface area contributed by atoms with Gasteiger partial charge in [-0.1, -0.05) is 29.8 Å². The third-order valence-corrected chi connectivity index (χ3v) is 5.53. The van der Waals surface area contributed by atoms with Crippen molar-refractivity contribution in [3.05, 3.63) is 35.4 Å². The molecule has 3 amide bonds. The molecule has 5 nitrogen and oxygen atoms in total. The summed E-state index contributed by atoms with van der Waals surface area (Å²) in [5.74, 6) is 0.136. The van der Waals surface area contributed by atoms with Gasteiger partial charge in [0.1, 0.15) is 5.54 Å². The lowest BCUT2D eigenvalue weighted by molar-refractivity contribution is -0.147. The van der Waals surface area contributed by atoms with E-state index in [1.165, 1.54) is 5.56 Å². The Morgan fingerprint density at radius 2 is 1.96 bits per heavy atom. The average molecular weight is 343 g/mol. The first-order valence-corrected chi connectivity index (χ1v) is 9.36. The van der Waals surface area contributed by atoms with Gasteiger partial charge in [0.05, 0.1) is 0 Å². The molecule has 1 unspecified atom stereocenters. The molecule has 136 valence electrons. The molecule has 1 N–H and O–H groups in total. The number of carbonyl (C=O) groups excluding carboxylic acids is 2. The zero-order chi connectivity index (χ0) is 18.0. The van der Waals surface area contributed by atoms with E-state index < -0.39 is 5.54 Å². The maximum absolute atomic E-state index is 13.1. The third kappa shape index (κ3) is 3.37. The minimum atomic E-state index is -0.626. The molecule has 0 saturated carbocycles. The Hall–Kier alpha value is -2.04. The number of benzene rings is 1. The summed E-state index contributed by atoms with van der Waals surface area (Å²) in [6.07, 6.45) is 3.43. The quantitative estimate of drug-likeness (QED) is 0.917. The third-order valence-electron chi connectivity index (χ3n) is 5.53. The minimum Gasteiger partial charge on any atom is -0.338 e. The maximum Gasteiger partial charge on any atom is 0.318 e. The Morgan fingerprint density at radius 3 is 2.64 bits per heavy atom. The molecule has 1 aromatic rings. The lowest BCUT2D eigenvalue weighted by Gasteiger charge is -2.45. The highest BCUT2D eigenvalue weighted by Crippen LogP contribution is 2.38. The number of likely N-dealkylation sites (tertiary alicyclic amines) is 2. The van der Waals surface area contributed by atoms with E-state index in [4.69, 9.17) is 0 Å². The van der Waals surface area contributed by atoms with Gasteiger partial charge in [0.2, 0.25) is 5.91 Å². The predicted octanol–water partition coefficient (Wildman–Crippen LogP) is 3.07. The molecule has 2 saturated heterocycles. The van der Waals surface area contributed by atoms with Crippen molar-refractivity contribution in [2.24, 2.45) is 0 Å². The molecule has 25 heavy (non-hydrogen) atoms. The van der Waals surface area contributed by atoms with Crippen LogP contribution in [0.2, 0.25) is 0 Å². The molecule has 0 aromatic heterocycles. The van der Waals surface area contributed by atoms with Crippen LogP contribution < -0.4 is 5.32 Å². The summed E-state index contributed by atoms with van der Waals surface area (Å²) in [5.41, 5.74) is 1.64. The molecule has 5 heteroatoms. The smallest absolute Gasteiger partial charge is 0.318 e. The Kier molecular flexibility index (Phi) is 5.02. The highest BCUT2D eigenvalue weighted by atomic mass is 16.2. The van der Waals surface area contributed by atoms with Gasteiger partial charge in [-0.25, -0.2) is 4.79 Å². The van der Waals surface area contributed by atoms with Gasteiger partial charge in [-0.2, -0.15) is 0 Å². The Morgan fingerprint density at radius 1 is 1.24 bits per heavy atom. The summed E-state index contributed by atoms with van der Waals surface area (Å²) in [6.45, 7) is 8.10. The van der Waals surface area contributed by atoms with Crippen LogP contribution in [0.1, 0.15) is 50.7 Å². The SMILES string of the molecule is Cc1cccc(CNC(=O)N2CCCC23CCCN(C(C)C)C3=O)c1. The topological polar surface area (TPSA) is 52.7 Å². The Bertz CT molecular complexity index is 658. The second-order valence-corrected chi connectivity index (χ2v) is 7.63. The van der Waals surface area contributed by atoms with Gasteiger partial charge >= 0.3 is 6.03 Å². The van der Waals surface area contributed by atoms with Crippen LogP contribution in [0.5, 0.6) is 0 Å². The molecule has 0 aliphatic carbocycles. The highest BCUT2D eigenvalue weighted by molar-refractivity contribution is 5.92. The van der Waals surface area contributed by atoms with Crippen LogP contribution in [0, 0.1) is 6.92 Å². The molecule has 0 radical (unpaired) electrons. The summed E-state index contributed by atoms with van der Waals surface area (Å²) >= 11 is 0. The monoisotopic (exact) mass is 343 g/mol. The van der Waals surface area contributed by atoms with Gasteiger partial charge in [0.25, 0.3) is 0 Å². The van der Waals surface area contributed by atoms with E-state index >= 15 is 0 Å². The maximum atomic E-state index is 13.1. The number of piperidine rings is 1. The van der Waals surface area contributed by atoms with Crippen LogP contribution in [0.15, 0.2) is 24.3 Å². The van der Waals surface area contributed by atoms with Crippen LogP contribution in [0.25, 0.3) is 0 Å². The van der Waals surface area contributed by atoms with E-state index in [9.17, 15) is 9.59 Å². The second-order valence-electron chi connectivity index (χ2n) is 7.63. The first-order chi connectivity index (χ1) is 11.9. The molecule has 2 aliphatic rings. The van der Waals surface area contributed by atoms with Crippen molar-refractivity contribution in [2.45, 2.75) is 64.6 Å². The number of urea groups is 1. The number of hydrogen-bond donors (Lipinski definition) is 1. The summed E-state index contributed by atoms with van der Waals surface area (Å²) in [5, 5.41) is 3.02.